The first-order valence-electron chi connectivity index (χ1n) is 5.57. The van der Waals surface area contributed by atoms with E-state index >= 15 is 0 Å². The lowest BCUT2D eigenvalue weighted by molar-refractivity contribution is 1.10. The highest BCUT2D eigenvalue weighted by molar-refractivity contribution is 5.40. The van der Waals surface area contributed by atoms with Crippen LogP contribution in [0.15, 0.2) is 47.7 Å². The molecule has 0 bridgehead atoms. The van der Waals surface area contributed by atoms with Crippen LogP contribution in [0, 0.1) is 0 Å². The minimum absolute atomic E-state index is 0.858. The molecule has 0 aliphatic rings. The predicted molar refractivity (Wildman–Crippen MR) is 69.5 cm³/mol. The van der Waals surface area contributed by atoms with Crippen molar-refractivity contribution in [2.24, 2.45) is 5.73 Å². The van der Waals surface area contributed by atoms with E-state index in [9.17, 15) is 0 Å². The van der Waals surface area contributed by atoms with Gasteiger partial charge in [-0.2, -0.15) is 0 Å². The Labute approximate surface area is 94.1 Å². The highest BCUT2D eigenvalue weighted by Crippen LogP contribution is 2.18. The molecule has 15 heavy (non-hydrogen) atoms. The molecule has 1 heteroatoms. The number of hydrogen-bond donors (Lipinski definition) is 1. The molecule has 0 aromatic rings. The molecule has 0 saturated carbocycles. The normalized spacial score (nSPS) is 13.5. The molecule has 0 atom stereocenters. The number of nitrogens with two attached hydrogens (primary N) is 1. The molecule has 1 nitrogen and oxygen atoms in total. The van der Waals surface area contributed by atoms with Crippen LogP contribution in [0.4, 0.5) is 0 Å². The van der Waals surface area contributed by atoms with Gasteiger partial charge in [0.2, 0.25) is 0 Å². The van der Waals surface area contributed by atoms with Gasteiger partial charge in [0.15, 0.2) is 0 Å². The maximum atomic E-state index is 5.45. The van der Waals surface area contributed by atoms with Gasteiger partial charge in [0.05, 0.1) is 0 Å². The van der Waals surface area contributed by atoms with Gasteiger partial charge in [0.25, 0.3) is 0 Å². The van der Waals surface area contributed by atoms with E-state index in [1.165, 1.54) is 5.57 Å². The molecule has 84 valence electrons. The third-order valence-electron chi connectivity index (χ3n) is 2.14. The van der Waals surface area contributed by atoms with Crippen LogP contribution in [0.1, 0.15) is 40.0 Å². The van der Waals surface area contributed by atoms with Crippen LogP contribution in [0.2, 0.25) is 0 Å². The van der Waals surface area contributed by atoms with Crippen LogP contribution < -0.4 is 5.73 Å². The molecule has 0 aromatic carbocycles. The monoisotopic (exact) mass is 205 g/mol. The van der Waals surface area contributed by atoms with Gasteiger partial charge < -0.3 is 5.73 Å². The number of rotatable bonds is 6. The largest absolute Gasteiger partial charge is 0.405 e. The molecule has 0 aliphatic heterocycles. The molecule has 0 aromatic heterocycles. The molecular weight excluding hydrogens is 182 g/mol. The SMILES string of the molecule is C=C(C/C(C)=C/N)C(/C=C\CC)=C/CC. The van der Waals surface area contributed by atoms with Gasteiger partial charge >= 0.3 is 0 Å². The van der Waals surface area contributed by atoms with Gasteiger partial charge in [-0.05, 0) is 43.5 Å². The fraction of sp³-hybridized carbons (Fsp3) is 0.429. The van der Waals surface area contributed by atoms with E-state index in [2.05, 4.69) is 38.7 Å². The lowest BCUT2D eigenvalue weighted by Gasteiger charge is -2.07. The first kappa shape index (κ1) is 13.8. The van der Waals surface area contributed by atoms with Crippen LogP contribution in [-0.4, -0.2) is 0 Å². The predicted octanol–water partition coefficient (Wildman–Crippen LogP) is 4.10. The van der Waals surface area contributed by atoms with Crippen molar-refractivity contribution in [1.29, 1.82) is 0 Å². The van der Waals surface area contributed by atoms with Crippen LogP contribution in [-0.2, 0) is 0 Å². The zero-order chi connectivity index (χ0) is 11.7. The fourth-order valence-electron chi connectivity index (χ4n) is 1.29. The first-order chi connectivity index (χ1) is 7.15. The maximum Gasteiger partial charge on any atom is -0.00527 e. The Hall–Kier alpha value is -1.24. The Morgan fingerprint density at radius 3 is 2.40 bits per heavy atom. The molecule has 2 N–H and O–H groups in total. The van der Waals surface area contributed by atoms with E-state index in [1.807, 2.05) is 6.92 Å². The van der Waals surface area contributed by atoms with Gasteiger partial charge in [0, 0.05) is 0 Å². The van der Waals surface area contributed by atoms with Gasteiger partial charge in [-0.15, -0.1) is 0 Å². The van der Waals surface area contributed by atoms with Crippen molar-refractivity contribution in [3.05, 3.63) is 47.7 Å². The van der Waals surface area contributed by atoms with Crippen molar-refractivity contribution in [2.75, 3.05) is 0 Å². The Morgan fingerprint density at radius 1 is 1.27 bits per heavy atom. The minimum Gasteiger partial charge on any atom is -0.405 e. The van der Waals surface area contributed by atoms with Gasteiger partial charge in [0.1, 0.15) is 0 Å². The smallest absolute Gasteiger partial charge is 0.00527 e. The molecule has 0 radical (unpaired) electrons. The zero-order valence-corrected chi connectivity index (χ0v) is 10.2. The quantitative estimate of drug-likeness (QED) is 0.649. The molecule has 0 saturated heterocycles. The van der Waals surface area contributed by atoms with E-state index in [-0.39, 0.29) is 0 Å². The molecule has 0 rings (SSSR count). The molecular formula is C14H23N. The second-order valence-corrected chi connectivity index (χ2v) is 3.67. The summed E-state index contributed by atoms with van der Waals surface area (Å²) < 4.78 is 0. The van der Waals surface area contributed by atoms with Crippen LogP contribution in [0.5, 0.6) is 0 Å². The van der Waals surface area contributed by atoms with E-state index in [0.29, 0.717) is 0 Å². The van der Waals surface area contributed by atoms with Crippen LogP contribution in [0.25, 0.3) is 0 Å². The summed E-state index contributed by atoms with van der Waals surface area (Å²) in [6, 6.07) is 0. The Bertz CT molecular complexity index is 280. The Morgan fingerprint density at radius 2 is 1.93 bits per heavy atom. The van der Waals surface area contributed by atoms with E-state index in [0.717, 1.165) is 30.4 Å². The average Bonchev–Trinajstić information content (AvgIpc) is 2.23. The summed E-state index contributed by atoms with van der Waals surface area (Å²) in [6.45, 7) is 10.4. The highest BCUT2D eigenvalue weighted by atomic mass is 14.5. The topological polar surface area (TPSA) is 26.0 Å². The Kier molecular flexibility index (Phi) is 7.43. The fourth-order valence-corrected chi connectivity index (χ4v) is 1.29. The highest BCUT2D eigenvalue weighted by Gasteiger charge is 1.99. The Balaban J connectivity index is 4.57. The van der Waals surface area contributed by atoms with E-state index in [4.69, 9.17) is 5.73 Å². The maximum absolute atomic E-state index is 5.45. The van der Waals surface area contributed by atoms with E-state index in [1.54, 1.807) is 6.20 Å². The second kappa shape index (κ2) is 8.10. The third kappa shape index (κ3) is 5.95. The van der Waals surface area contributed by atoms with Gasteiger partial charge in [-0.3, -0.25) is 0 Å². The minimum atomic E-state index is 0.858. The van der Waals surface area contributed by atoms with Crippen molar-refractivity contribution in [3.8, 4) is 0 Å². The first-order valence-corrected chi connectivity index (χ1v) is 5.57. The third-order valence-corrected chi connectivity index (χ3v) is 2.14. The zero-order valence-electron chi connectivity index (χ0n) is 10.2. The summed E-state index contributed by atoms with van der Waals surface area (Å²) in [5, 5.41) is 0. The summed E-state index contributed by atoms with van der Waals surface area (Å²) in [7, 11) is 0. The lowest BCUT2D eigenvalue weighted by Crippen LogP contribution is -1.90. The van der Waals surface area contributed by atoms with Crippen molar-refractivity contribution in [1.82, 2.24) is 0 Å². The number of hydrogen-bond acceptors (Lipinski definition) is 1. The number of allylic oxidation sites excluding steroid dienone is 6. The lowest BCUT2D eigenvalue weighted by atomic mass is 9.99. The second-order valence-electron chi connectivity index (χ2n) is 3.67. The van der Waals surface area contributed by atoms with Crippen molar-refractivity contribution in [3.63, 3.8) is 0 Å². The summed E-state index contributed by atoms with van der Waals surface area (Å²) >= 11 is 0. The summed E-state index contributed by atoms with van der Waals surface area (Å²) in [6.07, 6.45) is 11.1. The van der Waals surface area contributed by atoms with Crippen molar-refractivity contribution < 1.29 is 0 Å². The van der Waals surface area contributed by atoms with Gasteiger partial charge in [-0.25, -0.2) is 0 Å². The van der Waals surface area contributed by atoms with Crippen LogP contribution >= 0.6 is 0 Å². The van der Waals surface area contributed by atoms with Crippen molar-refractivity contribution in [2.45, 2.75) is 40.0 Å². The standard InChI is InChI=1S/C14H23N/c1-5-7-9-14(8-6-2)13(4)10-12(3)11-15/h7-9,11H,4-6,10,15H2,1-3H3/b9-7-,12-11+,14-8+. The van der Waals surface area contributed by atoms with Crippen molar-refractivity contribution >= 4 is 0 Å². The molecule has 0 unspecified atom stereocenters. The van der Waals surface area contributed by atoms with E-state index < -0.39 is 0 Å². The summed E-state index contributed by atoms with van der Waals surface area (Å²) in [5.74, 6) is 0. The average molecular weight is 205 g/mol. The molecule has 0 heterocycles. The molecule has 0 aliphatic carbocycles. The summed E-state index contributed by atoms with van der Waals surface area (Å²) in [4.78, 5) is 0. The molecule has 0 spiro atoms. The summed E-state index contributed by atoms with van der Waals surface area (Å²) in [5.41, 5.74) is 8.99. The van der Waals surface area contributed by atoms with Gasteiger partial charge in [-0.1, -0.05) is 44.2 Å². The molecule has 0 amide bonds. The van der Waals surface area contributed by atoms with Crippen LogP contribution in [0.3, 0.4) is 0 Å². The molecule has 0 fully saturated rings.